The molecule has 1 saturated heterocycles. The van der Waals surface area contributed by atoms with Crippen LogP contribution in [0.3, 0.4) is 0 Å². The molecule has 2 N–H and O–H groups in total. The van der Waals surface area contributed by atoms with Crippen LogP contribution in [0.5, 0.6) is 0 Å². The lowest BCUT2D eigenvalue weighted by Gasteiger charge is -2.39. The molecule has 0 amide bonds. The zero-order chi connectivity index (χ0) is 18.4. The first-order valence-corrected chi connectivity index (χ1v) is 11.8. The number of hydrogen-bond acceptors (Lipinski definition) is 6. The number of rotatable bonds is 5. The first kappa shape index (κ1) is 17.9. The number of anilines is 1. The van der Waals surface area contributed by atoms with Gasteiger partial charge in [-0.25, -0.2) is 13.1 Å². The van der Waals surface area contributed by atoms with Crippen LogP contribution in [0.2, 0.25) is 0 Å². The smallest absolute Gasteiger partial charge is 0.286 e. The maximum Gasteiger partial charge on any atom is 0.286 e. The third-order valence-corrected chi connectivity index (χ3v) is 8.31. The normalized spacial score (nSPS) is 23.8. The van der Waals surface area contributed by atoms with Crippen molar-refractivity contribution in [1.82, 2.24) is 9.62 Å². The van der Waals surface area contributed by atoms with Gasteiger partial charge >= 0.3 is 0 Å². The molecule has 1 aromatic carbocycles. The highest BCUT2D eigenvalue weighted by molar-refractivity contribution is 7.90. The lowest BCUT2D eigenvalue weighted by atomic mass is 10.2. The van der Waals surface area contributed by atoms with Crippen LogP contribution in [-0.2, 0) is 20.0 Å². The van der Waals surface area contributed by atoms with Crippen LogP contribution in [-0.4, -0.2) is 58.5 Å². The Morgan fingerprint density at radius 2 is 1.88 bits per heavy atom. The molecule has 0 spiro atoms. The van der Waals surface area contributed by atoms with Crippen molar-refractivity contribution < 1.29 is 16.8 Å². The third-order valence-electron chi connectivity index (χ3n) is 5.10. The van der Waals surface area contributed by atoms with Gasteiger partial charge in [-0.05, 0) is 25.0 Å². The van der Waals surface area contributed by atoms with Gasteiger partial charge in [0, 0.05) is 19.1 Å². The monoisotopic (exact) mass is 398 g/mol. The number of nitrogens with one attached hydrogen (secondary N) is 2. The summed E-state index contributed by atoms with van der Waals surface area (Å²) in [7, 11) is -7.03. The van der Waals surface area contributed by atoms with Crippen molar-refractivity contribution in [2.24, 2.45) is 4.40 Å². The Morgan fingerprint density at radius 3 is 2.62 bits per heavy atom. The minimum atomic E-state index is -3.71. The van der Waals surface area contributed by atoms with Crippen LogP contribution in [0.25, 0.3) is 0 Å². The van der Waals surface area contributed by atoms with E-state index in [9.17, 15) is 16.8 Å². The fraction of sp³-hybridized carbons (Fsp3) is 0.562. The second-order valence-electron chi connectivity index (χ2n) is 7.09. The molecule has 2 heterocycles. The van der Waals surface area contributed by atoms with E-state index >= 15 is 0 Å². The van der Waals surface area contributed by atoms with Crippen molar-refractivity contribution in [3.05, 3.63) is 24.3 Å². The minimum absolute atomic E-state index is 0.0695. The molecular formula is C16H22N4O4S2. The van der Waals surface area contributed by atoms with Crippen LogP contribution in [0.4, 0.5) is 5.69 Å². The molecule has 1 aromatic rings. The van der Waals surface area contributed by atoms with Crippen LogP contribution >= 0.6 is 0 Å². The molecule has 1 aliphatic carbocycles. The Morgan fingerprint density at radius 1 is 1.19 bits per heavy atom. The van der Waals surface area contributed by atoms with Crippen molar-refractivity contribution in [2.75, 3.05) is 25.0 Å². The highest BCUT2D eigenvalue weighted by Crippen LogP contribution is 2.27. The van der Waals surface area contributed by atoms with Gasteiger partial charge in [0.15, 0.2) is 0 Å². The van der Waals surface area contributed by atoms with E-state index in [0.29, 0.717) is 24.6 Å². The molecule has 0 unspecified atom stereocenters. The van der Waals surface area contributed by atoms with Crippen LogP contribution in [0.1, 0.15) is 25.7 Å². The van der Waals surface area contributed by atoms with Gasteiger partial charge in [0.25, 0.3) is 10.0 Å². The fourth-order valence-corrected chi connectivity index (χ4v) is 6.51. The summed E-state index contributed by atoms with van der Waals surface area (Å²) in [6, 6.07) is 6.68. The Bertz CT molecular complexity index is 931. The molecule has 1 saturated carbocycles. The van der Waals surface area contributed by atoms with E-state index in [1.54, 1.807) is 18.2 Å². The third kappa shape index (κ3) is 3.51. The largest absolute Gasteiger partial charge is 0.341 e. The summed E-state index contributed by atoms with van der Waals surface area (Å²) in [5.41, 5.74) is 0.505. The zero-order valence-electron chi connectivity index (χ0n) is 14.3. The highest BCUT2D eigenvalue weighted by Gasteiger charge is 2.39. The molecule has 3 aliphatic rings. The van der Waals surface area contributed by atoms with Gasteiger partial charge in [0.1, 0.15) is 16.0 Å². The fourth-order valence-electron chi connectivity index (χ4n) is 3.67. The van der Waals surface area contributed by atoms with Crippen molar-refractivity contribution >= 4 is 31.6 Å². The van der Waals surface area contributed by atoms with Crippen LogP contribution in [0, 0.1) is 0 Å². The summed E-state index contributed by atoms with van der Waals surface area (Å²) in [6.45, 7) is 1.04. The van der Waals surface area contributed by atoms with Gasteiger partial charge in [-0.3, -0.25) is 4.90 Å². The second-order valence-corrected chi connectivity index (χ2v) is 10.7. The number of hydrogen-bond donors (Lipinski definition) is 2. The van der Waals surface area contributed by atoms with Crippen LogP contribution < -0.4 is 10.0 Å². The Kier molecular flexibility index (Phi) is 4.54. The average Bonchev–Trinajstić information content (AvgIpc) is 3.02. The predicted octanol–water partition coefficient (Wildman–Crippen LogP) is 0.746. The molecule has 0 aromatic heterocycles. The van der Waals surface area contributed by atoms with E-state index in [1.165, 1.54) is 6.07 Å². The molecule has 4 rings (SSSR count). The number of likely N-dealkylation sites (tertiary alicyclic amines) is 1. The van der Waals surface area contributed by atoms with Crippen molar-refractivity contribution in [2.45, 2.75) is 41.9 Å². The molecule has 8 nitrogen and oxygen atoms in total. The highest BCUT2D eigenvalue weighted by atomic mass is 32.2. The number of sulfonamides is 2. The van der Waals surface area contributed by atoms with Crippen LogP contribution in [0.15, 0.2) is 33.6 Å². The molecule has 0 radical (unpaired) electrons. The number of nitrogens with zero attached hydrogens (tertiary/aromatic N) is 2. The molecule has 10 heteroatoms. The van der Waals surface area contributed by atoms with Gasteiger partial charge in [-0.1, -0.05) is 25.0 Å². The Balaban J connectivity index is 1.37. The predicted molar refractivity (Wildman–Crippen MR) is 99.2 cm³/mol. The lowest BCUT2D eigenvalue weighted by molar-refractivity contribution is 0.211. The topological polar surface area (TPSA) is 108 Å². The van der Waals surface area contributed by atoms with Gasteiger partial charge in [-0.15, -0.1) is 4.40 Å². The number of amidine groups is 1. The van der Waals surface area contributed by atoms with E-state index in [4.69, 9.17) is 0 Å². The van der Waals surface area contributed by atoms with Crippen molar-refractivity contribution in [3.8, 4) is 0 Å². The maximum atomic E-state index is 12.4. The molecule has 142 valence electrons. The van der Waals surface area contributed by atoms with Crippen molar-refractivity contribution in [1.29, 1.82) is 0 Å². The van der Waals surface area contributed by atoms with E-state index < -0.39 is 25.3 Å². The molecule has 2 aliphatic heterocycles. The van der Waals surface area contributed by atoms with Gasteiger partial charge < -0.3 is 5.32 Å². The lowest BCUT2D eigenvalue weighted by Crippen LogP contribution is -2.59. The maximum absolute atomic E-state index is 12.4. The summed E-state index contributed by atoms with van der Waals surface area (Å²) >= 11 is 0. The molecule has 0 atom stereocenters. The van der Waals surface area contributed by atoms with Gasteiger partial charge in [-0.2, -0.15) is 8.42 Å². The second kappa shape index (κ2) is 6.59. The summed E-state index contributed by atoms with van der Waals surface area (Å²) in [4.78, 5) is 2.04. The number of para-hydroxylation sites is 1. The number of fused-ring (bicyclic) bond motifs is 1. The summed E-state index contributed by atoms with van der Waals surface area (Å²) in [5.74, 6) is 0.323. The Labute approximate surface area is 153 Å². The first-order chi connectivity index (χ1) is 12.3. The molecular weight excluding hydrogens is 376 g/mol. The number of benzene rings is 1. The standard InChI is InChI=1S/C16H22N4O4S2/c21-25(22,18-12-5-1-2-6-12)13-9-20(10-13)11-16-17-14-7-3-4-8-15(14)26(23,24)19-16/h3-4,7-8,12-13,18H,1-2,5-6,9-11H2,(H,17,19). The van der Waals surface area contributed by atoms with E-state index in [-0.39, 0.29) is 17.5 Å². The van der Waals surface area contributed by atoms with Gasteiger partial charge in [0.05, 0.1) is 12.2 Å². The SMILES string of the molecule is O=S1(=O)N=C(CN2CC(S(=O)(=O)NC3CCCC3)C2)Nc2ccccc21. The molecule has 2 fully saturated rings. The first-order valence-electron chi connectivity index (χ1n) is 8.77. The molecule has 0 bridgehead atoms. The average molecular weight is 399 g/mol. The van der Waals surface area contributed by atoms with Crippen molar-refractivity contribution in [3.63, 3.8) is 0 Å². The van der Waals surface area contributed by atoms with Gasteiger partial charge in [0.2, 0.25) is 10.0 Å². The minimum Gasteiger partial charge on any atom is -0.341 e. The van der Waals surface area contributed by atoms with E-state index in [2.05, 4.69) is 14.4 Å². The summed E-state index contributed by atoms with van der Waals surface area (Å²) < 4.78 is 55.9. The summed E-state index contributed by atoms with van der Waals surface area (Å²) in [6.07, 6.45) is 3.97. The summed E-state index contributed by atoms with van der Waals surface area (Å²) in [5, 5.41) is 2.58. The Hall–Kier alpha value is -1.49. The quantitative estimate of drug-likeness (QED) is 0.758. The van der Waals surface area contributed by atoms with E-state index in [1.807, 2.05) is 4.90 Å². The van der Waals surface area contributed by atoms with E-state index in [0.717, 1.165) is 25.7 Å². The zero-order valence-corrected chi connectivity index (χ0v) is 15.9. The molecule has 26 heavy (non-hydrogen) atoms.